The number of carbonyl (C=O) groups is 2. The first-order chi connectivity index (χ1) is 17.1. The lowest BCUT2D eigenvalue weighted by Gasteiger charge is -2.45. The average Bonchev–Trinajstić information content (AvgIpc) is 3.48. The Bertz CT molecular complexity index is 1170. The largest absolute Gasteiger partial charge is 0.476 e. The van der Waals surface area contributed by atoms with E-state index in [1.54, 1.807) is 4.90 Å². The highest BCUT2D eigenvalue weighted by Gasteiger charge is 2.44. The number of aromatic carboxylic acids is 1. The highest BCUT2D eigenvalue weighted by atomic mass is 19.4. The highest BCUT2D eigenvalue weighted by Crippen LogP contribution is 2.40. The first-order valence-corrected chi connectivity index (χ1v) is 11.4. The van der Waals surface area contributed by atoms with Crippen molar-refractivity contribution in [2.24, 2.45) is 16.8 Å². The fraction of sp³-hybridized carbons (Fsp3) is 0.455. The normalized spacial score (nSPS) is 18.6. The number of amidine groups is 1. The van der Waals surface area contributed by atoms with Gasteiger partial charge in [-0.2, -0.15) is 28.1 Å². The number of hydrogen-bond donors (Lipinski definition) is 4. The molecule has 2 aliphatic heterocycles. The van der Waals surface area contributed by atoms with Crippen LogP contribution >= 0.6 is 0 Å². The van der Waals surface area contributed by atoms with Crippen molar-refractivity contribution in [1.29, 1.82) is 0 Å². The molecule has 4 rings (SSSR count). The Balaban J connectivity index is 1.51. The number of nitrogens with zero attached hydrogens (tertiary/aromatic N) is 5. The molecule has 194 valence electrons. The van der Waals surface area contributed by atoms with E-state index in [9.17, 15) is 22.8 Å². The summed E-state index contributed by atoms with van der Waals surface area (Å²) in [5.74, 6) is 9.57. The number of aromatic nitrogens is 2. The second-order valence-electron chi connectivity index (χ2n) is 8.96. The molecule has 1 amide bonds. The number of hydrazone groups is 1. The van der Waals surface area contributed by atoms with Crippen LogP contribution in [0, 0.1) is 0 Å². The van der Waals surface area contributed by atoms with Crippen molar-refractivity contribution in [3.8, 4) is 0 Å². The summed E-state index contributed by atoms with van der Waals surface area (Å²) in [5, 5.41) is 16.4. The number of rotatable bonds is 4. The summed E-state index contributed by atoms with van der Waals surface area (Å²) >= 11 is 0. The van der Waals surface area contributed by atoms with Crippen LogP contribution in [0.15, 0.2) is 35.6 Å². The molecule has 2 saturated heterocycles. The lowest BCUT2D eigenvalue weighted by molar-refractivity contribution is -0.137. The maximum atomic E-state index is 13.3. The smallest absolute Gasteiger partial charge is 0.416 e. The number of piperidine rings is 1. The minimum Gasteiger partial charge on any atom is -0.476 e. The molecular formula is C22H27F3N8O3. The van der Waals surface area contributed by atoms with Crippen molar-refractivity contribution >= 4 is 17.8 Å². The van der Waals surface area contributed by atoms with Crippen LogP contribution in [0.4, 0.5) is 18.0 Å². The van der Waals surface area contributed by atoms with Gasteiger partial charge in [0.15, 0.2) is 11.5 Å². The predicted molar refractivity (Wildman–Crippen MR) is 123 cm³/mol. The zero-order valence-corrected chi connectivity index (χ0v) is 19.3. The molecule has 0 radical (unpaired) electrons. The summed E-state index contributed by atoms with van der Waals surface area (Å²) in [6.45, 7) is 2.00. The molecule has 14 heteroatoms. The molecule has 2 aromatic rings. The first-order valence-electron chi connectivity index (χ1n) is 11.4. The molecule has 11 nitrogen and oxygen atoms in total. The van der Waals surface area contributed by atoms with Gasteiger partial charge < -0.3 is 21.3 Å². The number of likely N-dealkylation sites (tertiary alicyclic amines) is 2. The zero-order valence-electron chi connectivity index (χ0n) is 19.3. The molecule has 0 atom stereocenters. The van der Waals surface area contributed by atoms with Crippen molar-refractivity contribution in [2.75, 3.05) is 19.6 Å². The molecule has 3 heterocycles. The number of carbonyl (C=O) groups excluding carboxylic acids is 1. The molecule has 6 N–H and O–H groups in total. The van der Waals surface area contributed by atoms with Gasteiger partial charge >= 0.3 is 18.2 Å². The summed E-state index contributed by atoms with van der Waals surface area (Å²) in [7, 11) is 0. The van der Waals surface area contributed by atoms with Crippen LogP contribution in [-0.2, 0) is 12.7 Å². The van der Waals surface area contributed by atoms with Gasteiger partial charge in [0.25, 0.3) is 0 Å². The number of nitrogens with two attached hydrogens (primary N) is 2. The second kappa shape index (κ2) is 9.78. The summed E-state index contributed by atoms with van der Waals surface area (Å²) in [4.78, 5) is 27.7. The first kappa shape index (κ1) is 25.4. The van der Waals surface area contributed by atoms with Gasteiger partial charge in [-0.3, -0.25) is 4.90 Å². The molecule has 1 aromatic heterocycles. The van der Waals surface area contributed by atoms with Crippen molar-refractivity contribution < 1.29 is 27.9 Å². The average molecular weight is 509 g/mol. The molecule has 0 aliphatic carbocycles. The molecule has 0 saturated carbocycles. The van der Waals surface area contributed by atoms with E-state index >= 15 is 0 Å². The van der Waals surface area contributed by atoms with Crippen LogP contribution in [0.2, 0.25) is 0 Å². The zero-order chi connectivity index (χ0) is 26.1. The predicted octanol–water partition coefficient (Wildman–Crippen LogP) is 1.78. The number of amides is 1. The third-order valence-electron chi connectivity index (χ3n) is 7.03. The lowest BCUT2D eigenvalue weighted by Crippen LogP contribution is -2.53. The minimum atomic E-state index is -4.53. The Morgan fingerprint density at radius 2 is 1.89 bits per heavy atom. The fourth-order valence-corrected chi connectivity index (χ4v) is 5.11. The Morgan fingerprint density at radius 3 is 2.47 bits per heavy atom. The van der Waals surface area contributed by atoms with Crippen LogP contribution in [0.3, 0.4) is 0 Å². The van der Waals surface area contributed by atoms with Gasteiger partial charge in [0.05, 0.1) is 5.56 Å². The van der Waals surface area contributed by atoms with E-state index in [0.29, 0.717) is 38.0 Å². The third kappa shape index (κ3) is 4.86. The Labute approximate surface area is 204 Å². The lowest BCUT2D eigenvalue weighted by atomic mass is 9.84. The Kier molecular flexibility index (Phi) is 6.91. The van der Waals surface area contributed by atoms with Gasteiger partial charge in [-0.25, -0.2) is 15.4 Å². The number of benzene rings is 1. The Morgan fingerprint density at radius 1 is 1.17 bits per heavy atom. The van der Waals surface area contributed by atoms with Crippen molar-refractivity contribution in [1.82, 2.24) is 25.0 Å². The molecule has 0 unspecified atom stereocenters. The van der Waals surface area contributed by atoms with Crippen molar-refractivity contribution in [3.63, 3.8) is 0 Å². The number of carboxylic acids is 1. The number of hydrazine groups is 1. The minimum absolute atomic E-state index is 0.0512. The Hall–Kier alpha value is -3.65. The molecule has 2 fully saturated rings. The number of hydrogen-bond acceptors (Lipinski definition) is 7. The topological polar surface area (TPSA) is 155 Å². The summed E-state index contributed by atoms with van der Waals surface area (Å²) in [6.07, 6.45) is -0.0771. The molecule has 2 aliphatic rings. The van der Waals surface area contributed by atoms with Crippen LogP contribution in [0.25, 0.3) is 0 Å². The van der Waals surface area contributed by atoms with E-state index in [1.807, 2.05) is 0 Å². The molecule has 1 aromatic carbocycles. The van der Waals surface area contributed by atoms with E-state index < -0.39 is 23.7 Å². The summed E-state index contributed by atoms with van der Waals surface area (Å²) in [6, 6.07) is 4.30. The molecule has 36 heavy (non-hydrogen) atoms. The quantitative estimate of drug-likeness (QED) is 0.211. The number of carboxylic acid groups (broad SMARTS) is 1. The van der Waals surface area contributed by atoms with Crippen LogP contribution < -0.4 is 17.1 Å². The maximum Gasteiger partial charge on any atom is 0.416 e. The van der Waals surface area contributed by atoms with Crippen molar-refractivity contribution in [2.45, 2.75) is 43.9 Å². The third-order valence-corrected chi connectivity index (χ3v) is 7.03. The van der Waals surface area contributed by atoms with E-state index in [4.69, 9.17) is 16.8 Å². The fourth-order valence-electron chi connectivity index (χ4n) is 5.11. The molecule has 0 bridgehead atoms. The van der Waals surface area contributed by atoms with E-state index in [0.717, 1.165) is 36.2 Å². The molecular weight excluding hydrogens is 481 g/mol. The van der Waals surface area contributed by atoms with E-state index in [1.165, 1.54) is 18.3 Å². The standard InChI is InChI=1S/C22H27F3N8O3/c23-22(24,25)15-3-2-14(16(12-15)18(28-26)29-27)13-32-8-1-5-21(32)6-10-31(11-7-21)20(36)33-9-4-17(30-33)19(34)35/h2-4,9,12H,1,5-8,10-11,13,26-27H2,(H,28,29)(H,34,35). The van der Waals surface area contributed by atoms with Gasteiger partial charge in [0.1, 0.15) is 0 Å². The van der Waals surface area contributed by atoms with Gasteiger partial charge in [0.2, 0.25) is 0 Å². The number of nitrogens with one attached hydrogen (secondary N) is 1. The highest BCUT2D eigenvalue weighted by molar-refractivity contribution is 5.99. The number of halogens is 3. The van der Waals surface area contributed by atoms with Crippen molar-refractivity contribution in [3.05, 3.63) is 52.8 Å². The van der Waals surface area contributed by atoms with Crippen LogP contribution in [0.5, 0.6) is 0 Å². The maximum absolute atomic E-state index is 13.3. The SMILES string of the molecule is N/N=C(\NN)c1cc(C(F)(F)F)ccc1CN1CCCC12CCN(C(=O)n1ccc(C(=O)O)n1)CC2. The monoisotopic (exact) mass is 508 g/mol. The molecule has 1 spiro atoms. The van der Waals surface area contributed by atoms with Gasteiger partial charge in [0, 0.05) is 36.9 Å². The van der Waals surface area contributed by atoms with Gasteiger partial charge in [-0.1, -0.05) is 6.07 Å². The van der Waals surface area contributed by atoms with Crippen LogP contribution in [0.1, 0.15) is 52.9 Å². The van der Waals surface area contributed by atoms with Gasteiger partial charge in [-0.05, 0) is 56.0 Å². The summed E-state index contributed by atoms with van der Waals surface area (Å²) in [5.41, 5.74) is 1.80. The second-order valence-corrected chi connectivity index (χ2v) is 8.96. The summed E-state index contributed by atoms with van der Waals surface area (Å²) < 4.78 is 41.0. The van der Waals surface area contributed by atoms with E-state index in [2.05, 4.69) is 20.5 Å². The van der Waals surface area contributed by atoms with Crippen LogP contribution in [-0.4, -0.2) is 67.7 Å². The van der Waals surface area contributed by atoms with E-state index in [-0.39, 0.29) is 22.6 Å². The van der Waals surface area contributed by atoms with Gasteiger partial charge in [-0.15, -0.1) is 0 Å². The number of alkyl halides is 3.